The zero-order valence-corrected chi connectivity index (χ0v) is 13.3. The van der Waals surface area contributed by atoms with Crippen molar-refractivity contribution in [2.45, 2.75) is 19.4 Å². The van der Waals surface area contributed by atoms with E-state index in [4.69, 9.17) is 4.74 Å². The van der Waals surface area contributed by atoms with Crippen LogP contribution < -0.4 is 0 Å². The first kappa shape index (κ1) is 16.0. The van der Waals surface area contributed by atoms with E-state index in [2.05, 4.69) is 0 Å². The minimum absolute atomic E-state index is 0.0645. The zero-order valence-electron chi connectivity index (χ0n) is 12.5. The van der Waals surface area contributed by atoms with Crippen molar-refractivity contribution in [3.63, 3.8) is 0 Å². The molecule has 1 aliphatic rings. The highest BCUT2D eigenvalue weighted by Gasteiger charge is 2.33. The number of hydrogen-bond donors (Lipinski definition) is 0. The van der Waals surface area contributed by atoms with Crippen LogP contribution in [0.2, 0.25) is 0 Å². The molecule has 21 heavy (non-hydrogen) atoms. The maximum Gasteiger partial charge on any atom is 0.233 e. The Labute approximate surface area is 129 Å². The molecule has 0 radical (unpaired) electrons. The Kier molecular flexibility index (Phi) is 5.42. The van der Waals surface area contributed by atoms with Gasteiger partial charge >= 0.3 is 0 Å². The van der Waals surface area contributed by atoms with Gasteiger partial charge in [-0.15, -0.1) is 11.8 Å². The first-order chi connectivity index (χ1) is 10.0. The Morgan fingerprint density at radius 1 is 1.24 bits per heavy atom. The van der Waals surface area contributed by atoms with Crippen molar-refractivity contribution in [3.05, 3.63) is 35.9 Å². The molecule has 1 heterocycles. The molecule has 1 aromatic carbocycles. The van der Waals surface area contributed by atoms with Crippen molar-refractivity contribution < 1.29 is 14.3 Å². The van der Waals surface area contributed by atoms with Crippen LogP contribution in [0.3, 0.4) is 0 Å². The average Bonchev–Trinajstić information content (AvgIpc) is 2.47. The number of carbonyl (C=O) groups is 2. The fourth-order valence-corrected chi connectivity index (χ4v) is 3.12. The lowest BCUT2D eigenvalue weighted by Crippen LogP contribution is -2.56. The van der Waals surface area contributed by atoms with Gasteiger partial charge in [0.2, 0.25) is 5.91 Å². The number of morpholine rings is 1. The lowest BCUT2D eigenvalue weighted by atomic mass is 10.0. The van der Waals surface area contributed by atoms with Crippen molar-refractivity contribution >= 4 is 23.5 Å². The predicted octanol–water partition coefficient (Wildman–Crippen LogP) is 2.24. The number of nitrogens with zero attached hydrogens (tertiary/aromatic N) is 1. The van der Waals surface area contributed by atoms with Crippen LogP contribution in [0.15, 0.2) is 30.3 Å². The van der Waals surface area contributed by atoms with Crippen LogP contribution >= 0.6 is 11.8 Å². The highest BCUT2D eigenvalue weighted by molar-refractivity contribution is 8.00. The van der Waals surface area contributed by atoms with Gasteiger partial charge in [-0.2, -0.15) is 0 Å². The third kappa shape index (κ3) is 4.32. The van der Waals surface area contributed by atoms with Gasteiger partial charge in [-0.05, 0) is 13.8 Å². The van der Waals surface area contributed by atoms with Crippen molar-refractivity contribution in [1.29, 1.82) is 0 Å². The summed E-state index contributed by atoms with van der Waals surface area (Å²) in [6.45, 7) is 5.78. The first-order valence-electron chi connectivity index (χ1n) is 7.05. The van der Waals surface area contributed by atoms with E-state index < -0.39 is 0 Å². The Bertz CT molecular complexity index is 502. The number of ether oxygens (including phenoxy) is 1. The van der Waals surface area contributed by atoms with Crippen LogP contribution in [0, 0.1) is 0 Å². The molecule has 1 fully saturated rings. The molecule has 0 aromatic heterocycles. The van der Waals surface area contributed by atoms with E-state index in [0.717, 1.165) is 0 Å². The minimum Gasteiger partial charge on any atom is -0.377 e. The van der Waals surface area contributed by atoms with Gasteiger partial charge in [0.25, 0.3) is 0 Å². The summed E-state index contributed by atoms with van der Waals surface area (Å²) in [5.74, 6) is 0.812. The molecule has 1 aliphatic heterocycles. The summed E-state index contributed by atoms with van der Waals surface area (Å²) in [7, 11) is 0. The summed E-state index contributed by atoms with van der Waals surface area (Å²) in [4.78, 5) is 26.1. The molecular weight excluding hydrogens is 286 g/mol. The lowest BCUT2D eigenvalue weighted by molar-refractivity contribution is -0.143. The van der Waals surface area contributed by atoms with Gasteiger partial charge in [-0.1, -0.05) is 30.3 Å². The first-order valence-corrected chi connectivity index (χ1v) is 8.20. The standard InChI is InChI=1S/C16H21NO3S/c1-16(2)12-20-9-8-17(16)15(19)11-21-10-14(18)13-6-4-3-5-7-13/h3-7H,8-12H2,1-2H3. The van der Waals surface area contributed by atoms with Crippen LogP contribution in [0.1, 0.15) is 24.2 Å². The molecule has 0 spiro atoms. The summed E-state index contributed by atoms with van der Waals surface area (Å²) in [5.41, 5.74) is 0.434. The topological polar surface area (TPSA) is 46.6 Å². The molecule has 2 rings (SSSR count). The molecule has 0 bridgehead atoms. The van der Waals surface area contributed by atoms with Gasteiger partial charge in [0.15, 0.2) is 5.78 Å². The van der Waals surface area contributed by atoms with Crippen LogP contribution in [-0.2, 0) is 9.53 Å². The normalized spacial score (nSPS) is 17.5. The fraction of sp³-hybridized carbons (Fsp3) is 0.500. The summed E-state index contributed by atoms with van der Waals surface area (Å²) in [5, 5.41) is 0. The average molecular weight is 307 g/mol. The number of Topliss-reactive ketones (excluding diaryl/α,β-unsaturated/α-hetero) is 1. The molecule has 1 aromatic rings. The SMILES string of the molecule is CC1(C)COCCN1C(=O)CSCC(=O)c1ccccc1. The lowest BCUT2D eigenvalue weighted by Gasteiger charge is -2.42. The third-order valence-corrected chi connectivity index (χ3v) is 4.42. The van der Waals surface area contributed by atoms with E-state index in [-0.39, 0.29) is 17.2 Å². The Balaban J connectivity index is 1.80. The molecule has 114 valence electrons. The van der Waals surface area contributed by atoms with E-state index in [0.29, 0.717) is 36.8 Å². The summed E-state index contributed by atoms with van der Waals surface area (Å²) in [6.07, 6.45) is 0. The molecule has 0 unspecified atom stereocenters. The van der Waals surface area contributed by atoms with Gasteiger partial charge in [0, 0.05) is 12.1 Å². The highest BCUT2D eigenvalue weighted by atomic mass is 32.2. The van der Waals surface area contributed by atoms with Gasteiger partial charge in [-0.25, -0.2) is 0 Å². The van der Waals surface area contributed by atoms with Gasteiger partial charge in [0.1, 0.15) is 0 Å². The van der Waals surface area contributed by atoms with Crippen LogP contribution in [0.25, 0.3) is 0 Å². The third-order valence-electron chi connectivity index (χ3n) is 3.50. The smallest absolute Gasteiger partial charge is 0.233 e. The van der Waals surface area contributed by atoms with Crippen LogP contribution in [0.4, 0.5) is 0 Å². The van der Waals surface area contributed by atoms with Crippen LogP contribution in [0.5, 0.6) is 0 Å². The molecular formula is C16H21NO3S. The Morgan fingerprint density at radius 3 is 2.62 bits per heavy atom. The molecule has 4 nitrogen and oxygen atoms in total. The number of ketones is 1. The molecule has 0 atom stereocenters. The number of thioether (sulfide) groups is 1. The van der Waals surface area contributed by atoms with E-state index in [1.807, 2.05) is 36.9 Å². The number of carbonyl (C=O) groups excluding carboxylic acids is 2. The molecule has 0 N–H and O–H groups in total. The summed E-state index contributed by atoms with van der Waals surface area (Å²) >= 11 is 1.38. The molecule has 5 heteroatoms. The van der Waals surface area contributed by atoms with Gasteiger partial charge in [-0.3, -0.25) is 9.59 Å². The van der Waals surface area contributed by atoms with E-state index in [1.165, 1.54) is 11.8 Å². The van der Waals surface area contributed by atoms with Crippen molar-refractivity contribution in [3.8, 4) is 0 Å². The number of benzene rings is 1. The second-order valence-corrected chi connectivity index (χ2v) is 6.68. The number of rotatable bonds is 5. The summed E-state index contributed by atoms with van der Waals surface area (Å²) in [6, 6.07) is 9.18. The monoisotopic (exact) mass is 307 g/mol. The predicted molar refractivity (Wildman–Crippen MR) is 84.7 cm³/mol. The van der Waals surface area contributed by atoms with E-state index in [9.17, 15) is 9.59 Å². The highest BCUT2D eigenvalue weighted by Crippen LogP contribution is 2.20. The Hall–Kier alpha value is -1.33. The maximum absolute atomic E-state index is 12.3. The molecule has 1 amide bonds. The fourth-order valence-electron chi connectivity index (χ4n) is 2.34. The zero-order chi connectivity index (χ0) is 15.3. The van der Waals surface area contributed by atoms with E-state index >= 15 is 0 Å². The summed E-state index contributed by atoms with van der Waals surface area (Å²) < 4.78 is 5.41. The maximum atomic E-state index is 12.3. The largest absolute Gasteiger partial charge is 0.377 e. The quantitative estimate of drug-likeness (QED) is 0.783. The van der Waals surface area contributed by atoms with E-state index in [1.54, 1.807) is 12.1 Å². The van der Waals surface area contributed by atoms with Crippen molar-refractivity contribution in [2.24, 2.45) is 0 Å². The second kappa shape index (κ2) is 7.09. The van der Waals surface area contributed by atoms with Crippen molar-refractivity contribution in [2.75, 3.05) is 31.3 Å². The molecule has 0 saturated carbocycles. The van der Waals surface area contributed by atoms with Crippen molar-refractivity contribution in [1.82, 2.24) is 4.90 Å². The minimum atomic E-state index is -0.265. The number of amides is 1. The molecule has 1 saturated heterocycles. The second-order valence-electron chi connectivity index (χ2n) is 5.69. The molecule has 0 aliphatic carbocycles. The Morgan fingerprint density at radius 2 is 1.95 bits per heavy atom. The van der Waals surface area contributed by atoms with Gasteiger partial charge in [0.05, 0.1) is 30.3 Å². The van der Waals surface area contributed by atoms with Gasteiger partial charge < -0.3 is 9.64 Å². The van der Waals surface area contributed by atoms with Crippen LogP contribution in [-0.4, -0.2) is 53.4 Å². The number of hydrogen-bond acceptors (Lipinski definition) is 4.